The fourth-order valence-electron chi connectivity index (χ4n) is 4.17. The van der Waals surface area contributed by atoms with Crippen LogP contribution in [0.4, 0.5) is 0 Å². The second-order valence-corrected chi connectivity index (χ2v) is 7.50. The van der Waals surface area contributed by atoms with Gasteiger partial charge in [-0.25, -0.2) is 0 Å². The Morgan fingerprint density at radius 3 is 2.30 bits per heavy atom. The zero-order chi connectivity index (χ0) is 18.5. The molecule has 0 spiro atoms. The molecule has 1 fully saturated rings. The van der Waals surface area contributed by atoms with Crippen LogP contribution >= 0.6 is 0 Å². The first-order valence-corrected chi connectivity index (χ1v) is 9.82. The molecule has 4 rings (SSSR count). The van der Waals surface area contributed by atoms with E-state index in [1.165, 1.54) is 23.1 Å². The fraction of sp³-hybridized carbons (Fsp3) is 0.280. The molecule has 0 bridgehead atoms. The first kappa shape index (κ1) is 17.8. The summed E-state index contributed by atoms with van der Waals surface area (Å²) in [7, 11) is 2.21. The molecule has 0 saturated carbocycles. The van der Waals surface area contributed by atoms with Gasteiger partial charge in [0.25, 0.3) is 0 Å². The van der Waals surface area contributed by atoms with Crippen molar-refractivity contribution in [2.24, 2.45) is 5.92 Å². The van der Waals surface area contributed by atoms with Gasteiger partial charge in [0.05, 0.1) is 6.61 Å². The molecule has 0 aliphatic carbocycles. The van der Waals surface area contributed by atoms with Crippen LogP contribution in [-0.4, -0.2) is 31.6 Å². The summed E-state index contributed by atoms with van der Waals surface area (Å²) in [6.07, 6.45) is 1.19. The lowest BCUT2D eigenvalue weighted by Gasteiger charge is -2.37. The van der Waals surface area contributed by atoms with E-state index in [-0.39, 0.29) is 0 Å². The summed E-state index contributed by atoms with van der Waals surface area (Å²) < 4.78 is 6.40. The van der Waals surface area contributed by atoms with Crippen molar-refractivity contribution < 1.29 is 4.74 Å². The summed E-state index contributed by atoms with van der Waals surface area (Å²) >= 11 is 0. The lowest BCUT2D eigenvalue weighted by molar-refractivity contribution is 0.130. The molecule has 0 N–H and O–H groups in total. The quantitative estimate of drug-likeness (QED) is 0.600. The van der Waals surface area contributed by atoms with Crippen molar-refractivity contribution in [2.45, 2.75) is 12.3 Å². The highest BCUT2D eigenvalue weighted by Crippen LogP contribution is 2.35. The van der Waals surface area contributed by atoms with E-state index in [1.54, 1.807) is 0 Å². The van der Waals surface area contributed by atoms with Crippen LogP contribution in [-0.2, 0) is 0 Å². The molecule has 2 nitrogen and oxygen atoms in total. The summed E-state index contributed by atoms with van der Waals surface area (Å²) in [4.78, 5) is 2.43. The van der Waals surface area contributed by atoms with E-state index in [2.05, 4.69) is 96.9 Å². The van der Waals surface area contributed by atoms with Gasteiger partial charge in [-0.2, -0.15) is 0 Å². The third-order valence-corrected chi connectivity index (χ3v) is 5.59. The van der Waals surface area contributed by atoms with E-state index < -0.39 is 0 Å². The average Bonchev–Trinajstić information content (AvgIpc) is 2.74. The van der Waals surface area contributed by atoms with E-state index in [4.69, 9.17) is 4.74 Å². The molecule has 1 aliphatic rings. The van der Waals surface area contributed by atoms with Crippen molar-refractivity contribution >= 4 is 0 Å². The molecule has 1 aliphatic heterocycles. The van der Waals surface area contributed by atoms with Crippen LogP contribution in [0, 0.1) is 5.92 Å². The van der Waals surface area contributed by atoms with Gasteiger partial charge in [-0.05, 0) is 43.1 Å². The molecule has 2 atom stereocenters. The van der Waals surface area contributed by atoms with E-state index in [0.29, 0.717) is 11.8 Å². The van der Waals surface area contributed by atoms with Gasteiger partial charge < -0.3 is 9.64 Å². The van der Waals surface area contributed by atoms with Crippen LogP contribution < -0.4 is 4.74 Å². The smallest absolute Gasteiger partial charge is 0.127 e. The van der Waals surface area contributed by atoms with Gasteiger partial charge >= 0.3 is 0 Å². The normalized spacial score (nSPS) is 20.3. The number of hydrogen-bond donors (Lipinski definition) is 0. The molecule has 27 heavy (non-hydrogen) atoms. The van der Waals surface area contributed by atoms with Gasteiger partial charge in [-0.1, -0.05) is 78.9 Å². The molecular formula is C25H27NO. The number of likely N-dealkylation sites (tertiary alicyclic amines) is 1. The summed E-state index contributed by atoms with van der Waals surface area (Å²) in [5, 5.41) is 0. The molecule has 0 amide bonds. The Balaban J connectivity index is 1.53. The van der Waals surface area contributed by atoms with Gasteiger partial charge in [-0.15, -0.1) is 0 Å². The van der Waals surface area contributed by atoms with Crippen molar-refractivity contribution in [3.8, 4) is 16.9 Å². The first-order chi connectivity index (χ1) is 13.3. The maximum Gasteiger partial charge on any atom is 0.127 e. The Kier molecular flexibility index (Phi) is 5.55. The van der Waals surface area contributed by atoms with Crippen LogP contribution in [0.1, 0.15) is 17.9 Å². The lowest BCUT2D eigenvalue weighted by atomic mass is 9.81. The highest BCUT2D eigenvalue weighted by Gasteiger charge is 2.29. The van der Waals surface area contributed by atoms with Crippen LogP contribution in [0.5, 0.6) is 5.75 Å². The predicted molar refractivity (Wildman–Crippen MR) is 112 cm³/mol. The van der Waals surface area contributed by atoms with E-state index >= 15 is 0 Å². The molecule has 0 aromatic heterocycles. The van der Waals surface area contributed by atoms with E-state index in [1.807, 2.05) is 0 Å². The van der Waals surface area contributed by atoms with E-state index in [9.17, 15) is 0 Å². The highest BCUT2D eigenvalue weighted by atomic mass is 16.5. The molecule has 3 aromatic rings. The first-order valence-electron chi connectivity index (χ1n) is 9.82. The van der Waals surface area contributed by atoms with Gasteiger partial charge in [-0.3, -0.25) is 0 Å². The molecule has 1 saturated heterocycles. The molecular weight excluding hydrogens is 330 g/mol. The Morgan fingerprint density at radius 2 is 1.52 bits per heavy atom. The maximum absolute atomic E-state index is 6.40. The minimum absolute atomic E-state index is 0.495. The standard InChI is InChI=1S/C25H27NO/c1-26-17-16-23(20-10-4-2-5-11-20)22(18-26)19-27-25-15-9-8-14-24(25)21-12-6-3-7-13-21/h2-15,22-23H,16-19H2,1H3/t22-,23-/m1/s1. The Morgan fingerprint density at radius 1 is 0.852 bits per heavy atom. The summed E-state index contributed by atoms with van der Waals surface area (Å²) in [5.74, 6) is 2.03. The molecule has 3 aromatic carbocycles. The number of nitrogens with zero attached hydrogens (tertiary/aromatic N) is 1. The summed E-state index contributed by atoms with van der Waals surface area (Å²) in [5.41, 5.74) is 3.81. The number of benzene rings is 3. The lowest BCUT2D eigenvalue weighted by Crippen LogP contribution is -2.39. The molecule has 2 heteroatoms. The number of piperidine rings is 1. The monoisotopic (exact) mass is 357 g/mol. The zero-order valence-electron chi connectivity index (χ0n) is 15.9. The fourth-order valence-corrected chi connectivity index (χ4v) is 4.17. The predicted octanol–water partition coefficient (Wildman–Crippen LogP) is 5.47. The zero-order valence-corrected chi connectivity index (χ0v) is 15.9. The number of para-hydroxylation sites is 1. The van der Waals surface area contributed by atoms with Crippen molar-refractivity contribution in [3.05, 3.63) is 90.5 Å². The summed E-state index contributed by atoms with van der Waals surface area (Å²) in [6, 6.07) is 29.8. The van der Waals surface area contributed by atoms with Crippen molar-refractivity contribution in [3.63, 3.8) is 0 Å². The Bertz CT molecular complexity index is 846. The Labute approximate surface area is 162 Å². The van der Waals surface area contributed by atoms with Crippen molar-refractivity contribution in [1.29, 1.82) is 0 Å². The number of ether oxygens (including phenoxy) is 1. The summed E-state index contributed by atoms with van der Waals surface area (Å²) in [6.45, 7) is 2.97. The van der Waals surface area contributed by atoms with Gasteiger partial charge in [0, 0.05) is 18.0 Å². The number of hydrogen-bond acceptors (Lipinski definition) is 2. The second kappa shape index (κ2) is 8.41. The molecule has 0 radical (unpaired) electrons. The molecule has 1 heterocycles. The Hall–Kier alpha value is -2.58. The molecule has 0 unspecified atom stereocenters. The van der Waals surface area contributed by atoms with Crippen LogP contribution in [0.15, 0.2) is 84.9 Å². The van der Waals surface area contributed by atoms with Gasteiger partial charge in [0.2, 0.25) is 0 Å². The van der Waals surface area contributed by atoms with Crippen LogP contribution in [0.25, 0.3) is 11.1 Å². The van der Waals surface area contributed by atoms with Crippen molar-refractivity contribution in [1.82, 2.24) is 4.90 Å². The van der Waals surface area contributed by atoms with Crippen LogP contribution in [0.3, 0.4) is 0 Å². The average molecular weight is 357 g/mol. The second-order valence-electron chi connectivity index (χ2n) is 7.50. The minimum Gasteiger partial charge on any atom is -0.493 e. The van der Waals surface area contributed by atoms with E-state index in [0.717, 1.165) is 25.4 Å². The highest BCUT2D eigenvalue weighted by molar-refractivity contribution is 5.70. The van der Waals surface area contributed by atoms with Gasteiger partial charge in [0.1, 0.15) is 5.75 Å². The number of rotatable bonds is 5. The minimum atomic E-state index is 0.495. The largest absolute Gasteiger partial charge is 0.493 e. The SMILES string of the molecule is CN1CC[C@H](c2ccccc2)[C@@H](COc2ccccc2-c2ccccc2)C1. The molecule has 138 valence electrons. The topological polar surface area (TPSA) is 12.5 Å². The van der Waals surface area contributed by atoms with Gasteiger partial charge in [0.15, 0.2) is 0 Å². The maximum atomic E-state index is 6.40. The third kappa shape index (κ3) is 4.23. The third-order valence-electron chi connectivity index (χ3n) is 5.59. The van der Waals surface area contributed by atoms with Crippen LogP contribution in [0.2, 0.25) is 0 Å². The van der Waals surface area contributed by atoms with Crippen molar-refractivity contribution in [2.75, 3.05) is 26.7 Å².